The van der Waals surface area contributed by atoms with Crippen molar-refractivity contribution < 1.29 is 19.1 Å². The molecule has 9 heteroatoms. The first kappa shape index (κ1) is 22.4. The first-order valence-electron chi connectivity index (χ1n) is 11.0. The van der Waals surface area contributed by atoms with E-state index < -0.39 is 18.0 Å². The van der Waals surface area contributed by atoms with Crippen LogP contribution in [0.2, 0.25) is 0 Å². The third kappa shape index (κ3) is 4.57. The number of ether oxygens (including phenoxy) is 1. The summed E-state index contributed by atoms with van der Waals surface area (Å²) in [6.07, 6.45) is 1.98. The lowest BCUT2D eigenvalue weighted by molar-refractivity contribution is -0.123. The number of fused-ring (bicyclic) bond motifs is 1. The van der Waals surface area contributed by atoms with E-state index in [-0.39, 0.29) is 11.9 Å². The quantitative estimate of drug-likeness (QED) is 0.576. The summed E-state index contributed by atoms with van der Waals surface area (Å²) in [6.45, 7) is 7.91. The Morgan fingerprint density at radius 1 is 1.18 bits per heavy atom. The molecule has 1 saturated heterocycles. The van der Waals surface area contributed by atoms with E-state index >= 15 is 0 Å². The summed E-state index contributed by atoms with van der Waals surface area (Å²) in [5.74, 6) is -1.02. The van der Waals surface area contributed by atoms with Gasteiger partial charge in [-0.3, -0.25) is 9.59 Å². The molecule has 1 atom stereocenters. The molecule has 3 aromatic rings. The number of hydrogen-bond donors (Lipinski definition) is 1. The smallest absolute Gasteiger partial charge is 0.340 e. The third-order valence-corrected chi connectivity index (χ3v) is 5.62. The zero-order chi connectivity index (χ0) is 23.7. The number of hydrogen-bond acceptors (Lipinski definition) is 6. The van der Waals surface area contributed by atoms with Gasteiger partial charge in [-0.2, -0.15) is 5.10 Å². The Balaban J connectivity index is 1.44. The number of amides is 2. The van der Waals surface area contributed by atoms with Crippen LogP contribution in [0.4, 0.5) is 11.4 Å². The summed E-state index contributed by atoms with van der Waals surface area (Å²) in [5.41, 5.74) is 2.75. The fraction of sp³-hybridized carbons (Fsp3) is 0.375. The Labute approximate surface area is 191 Å². The number of rotatable bonds is 6. The fourth-order valence-electron chi connectivity index (χ4n) is 3.84. The van der Waals surface area contributed by atoms with E-state index in [1.54, 1.807) is 47.0 Å². The Bertz CT molecular complexity index is 1230. The van der Waals surface area contributed by atoms with Crippen LogP contribution in [0.25, 0.3) is 11.0 Å². The van der Waals surface area contributed by atoms with Crippen molar-refractivity contribution in [3.63, 3.8) is 0 Å². The van der Waals surface area contributed by atoms with Crippen LogP contribution in [0.1, 0.15) is 55.7 Å². The maximum absolute atomic E-state index is 12.8. The number of pyridine rings is 1. The second-order valence-electron chi connectivity index (χ2n) is 8.45. The highest BCUT2D eigenvalue weighted by atomic mass is 16.5. The molecule has 3 heterocycles. The van der Waals surface area contributed by atoms with Gasteiger partial charge in [0.05, 0.1) is 17.5 Å². The number of anilines is 2. The predicted octanol–water partition coefficient (Wildman–Crippen LogP) is 3.63. The van der Waals surface area contributed by atoms with Crippen molar-refractivity contribution in [1.29, 1.82) is 0 Å². The van der Waals surface area contributed by atoms with Gasteiger partial charge in [0.2, 0.25) is 5.91 Å². The molecule has 1 fully saturated rings. The van der Waals surface area contributed by atoms with Crippen molar-refractivity contribution in [2.75, 3.05) is 16.8 Å². The van der Waals surface area contributed by atoms with Crippen LogP contribution in [-0.2, 0) is 14.3 Å². The van der Waals surface area contributed by atoms with Gasteiger partial charge in [-0.05, 0) is 58.4 Å². The van der Waals surface area contributed by atoms with Gasteiger partial charge in [-0.15, -0.1) is 0 Å². The molecule has 2 aromatic heterocycles. The Hall–Kier alpha value is -3.75. The second kappa shape index (κ2) is 9.01. The van der Waals surface area contributed by atoms with Gasteiger partial charge in [-0.1, -0.05) is 6.07 Å². The van der Waals surface area contributed by atoms with Crippen LogP contribution in [0.3, 0.4) is 0 Å². The van der Waals surface area contributed by atoms with Crippen LogP contribution < -0.4 is 10.2 Å². The van der Waals surface area contributed by atoms with E-state index in [1.165, 1.54) is 6.92 Å². The van der Waals surface area contributed by atoms with Crippen molar-refractivity contribution in [2.45, 2.75) is 52.7 Å². The van der Waals surface area contributed by atoms with Gasteiger partial charge < -0.3 is 15.0 Å². The van der Waals surface area contributed by atoms with E-state index in [2.05, 4.69) is 15.4 Å². The van der Waals surface area contributed by atoms with Gasteiger partial charge >= 0.3 is 5.97 Å². The number of esters is 1. The molecule has 0 saturated carbocycles. The minimum atomic E-state index is -1.02. The summed E-state index contributed by atoms with van der Waals surface area (Å²) in [7, 11) is 0. The molecule has 1 aromatic carbocycles. The van der Waals surface area contributed by atoms with Crippen molar-refractivity contribution in [3.8, 4) is 0 Å². The number of carbonyl (C=O) groups excluding carboxylic acids is 3. The number of nitrogens with one attached hydrogen (secondary N) is 1. The van der Waals surface area contributed by atoms with Gasteiger partial charge in [0.15, 0.2) is 11.8 Å². The van der Waals surface area contributed by atoms with E-state index in [1.807, 2.05) is 19.9 Å². The van der Waals surface area contributed by atoms with Crippen LogP contribution in [-0.4, -0.2) is 45.2 Å². The van der Waals surface area contributed by atoms with E-state index in [4.69, 9.17) is 4.74 Å². The SMILES string of the molecule is Cc1nc2c(cnn2C(C)C)cc1C(=O)O[C@H](C)C(=O)Nc1cccc(N2CCCC2=O)c1. The Morgan fingerprint density at radius 3 is 2.67 bits per heavy atom. The first-order valence-corrected chi connectivity index (χ1v) is 11.0. The van der Waals surface area contributed by atoms with Gasteiger partial charge in [0.1, 0.15) is 0 Å². The topological polar surface area (TPSA) is 106 Å². The lowest BCUT2D eigenvalue weighted by atomic mass is 10.1. The van der Waals surface area contributed by atoms with Crippen molar-refractivity contribution in [3.05, 3.63) is 47.8 Å². The van der Waals surface area contributed by atoms with Gasteiger partial charge in [0, 0.05) is 35.8 Å². The standard InChI is InChI=1S/C24H27N5O4/c1-14(2)29-22-17(13-25-29)11-20(15(3)26-22)24(32)33-16(4)23(31)27-18-7-5-8-19(12-18)28-10-6-9-21(28)30/h5,7-8,11-14,16H,6,9-10H2,1-4H3,(H,27,31)/t16-/m1/s1. The zero-order valence-electron chi connectivity index (χ0n) is 19.2. The Kier molecular flexibility index (Phi) is 6.13. The number of aryl methyl sites for hydroxylation is 1. The minimum absolute atomic E-state index is 0.0701. The summed E-state index contributed by atoms with van der Waals surface area (Å²) in [5, 5.41) is 7.81. The van der Waals surface area contributed by atoms with Crippen LogP contribution in [0, 0.1) is 6.92 Å². The van der Waals surface area contributed by atoms with E-state index in [0.29, 0.717) is 35.6 Å². The lowest BCUT2D eigenvalue weighted by Crippen LogP contribution is -2.30. The number of aromatic nitrogens is 3. The Morgan fingerprint density at radius 2 is 1.97 bits per heavy atom. The van der Waals surface area contributed by atoms with Crippen LogP contribution >= 0.6 is 0 Å². The van der Waals surface area contributed by atoms with Crippen molar-refractivity contribution >= 4 is 40.2 Å². The lowest BCUT2D eigenvalue weighted by Gasteiger charge is -2.18. The van der Waals surface area contributed by atoms with Gasteiger partial charge in [0.25, 0.3) is 5.91 Å². The van der Waals surface area contributed by atoms with Crippen molar-refractivity contribution in [2.24, 2.45) is 0 Å². The molecule has 1 aliphatic heterocycles. The monoisotopic (exact) mass is 449 g/mol. The predicted molar refractivity (Wildman–Crippen MR) is 124 cm³/mol. The number of nitrogens with zero attached hydrogens (tertiary/aromatic N) is 4. The minimum Gasteiger partial charge on any atom is -0.449 e. The maximum Gasteiger partial charge on any atom is 0.340 e. The highest BCUT2D eigenvalue weighted by molar-refractivity contribution is 6.00. The summed E-state index contributed by atoms with van der Waals surface area (Å²) < 4.78 is 7.21. The molecule has 4 rings (SSSR count). The molecule has 0 bridgehead atoms. The maximum atomic E-state index is 12.8. The highest BCUT2D eigenvalue weighted by Gasteiger charge is 2.24. The molecule has 33 heavy (non-hydrogen) atoms. The molecule has 172 valence electrons. The molecule has 0 spiro atoms. The van der Waals surface area contributed by atoms with Gasteiger partial charge in [-0.25, -0.2) is 14.5 Å². The molecule has 9 nitrogen and oxygen atoms in total. The average molecular weight is 450 g/mol. The first-order chi connectivity index (χ1) is 15.7. The largest absolute Gasteiger partial charge is 0.449 e. The molecular formula is C24H27N5O4. The third-order valence-electron chi connectivity index (χ3n) is 5.62. The second-order valence-corrected chi connectivity index (χ2v) is 8.45. The van der Waals surface area contributed by atoms with Crippen LogP contribution in [0.5, 0.6) is 0 Å². The molecule has 0 radical (unpaired) electrons. The number of benzene rings is 1. The fourth-order valence-corrected chi connectivity index (χ4v) is 3.84. The average Bonchev–Trinajstić information content (AvgIpc) is 3.38. The number of carbonyl (C=O) groups is 3. The molecule has 1 aliphatic rings. The van der Waals surface area contributed by atoms with Crippen LogP contribution in [0.15, 0.2) is 36.5 Å². The normalized spacial score (nSPS) is 14.7. The summed E-state index contributed by atoms with van der Waals surface area (Å²) in [4.78, 5) is 43.6. The van der Waals surface area contributed by atoms with E-state index in [0.717, 1.165) is 17.5 Å². The molecular weight excluding hydrogens is 422 g/mol. The molecule has 0 aliphatic carbocycles. The summed E-state index contributed by atoms with van der Waals surface area (Å²) >= 11 is 0. The van der Waals surface area contributed by atoms with E-state index in [9.17, 15) is 14.4 Å². The molecule has 1 N–H and O–H groups in total. The molecule has 0 unspecified atom stereocenters. The zero-order valence-corrected chi connectivity index (χ0v) is 19.2. The summed E-state index contributed by atoms with van der Waals surface area (Å²) in [6, 6.07) is 8.89. The highest BCUT2D eigenvalue weighted by Crippen LogP contribution is 2.25. The molecule has 2 amide bonds. The van der Waals surface area contributed by atoms with Crippen molar-refractivity contribution in [1.82, 2.24) is 14.8 Å².